The number of hydrogen-bond acceptors (Lipinski definition) is 7. The molecule has 5 rings (SSSR count). The van der Waals surface area contributed by atoms with Gasteiger partial charge in [-0.15, -0.1) is 0 Å². The molecular weight excluding hydrogens is 388 g/mol. The lowest BCUT2D eigenvalue weighted by atomic mass is 9.82. The Bertz CT molecular complexity index is 1080. The Morgan fingerprint density at radius 3 is 2.80 bits per heavy atom. The van der Waals surface area contributed by atoms with Crippen LogP contribution in [0.1, 0.15) is 18.0 Å². The summed E-state index contributed by atoms with van der Waals surface area (Å²) in [4.78, 5) is 48.7. The maximum atomic E-state index is 12.8. The van der Waals surface area contributed by atoms with E-state index >= 15 is 0 Å². The Labute approximate surface area is 172 Å². The van der Waals surface area contributed by atoms with Gasteiger partial charge in [0.1, 0.15) is 25.3 Å². The molecule has 0 unspecified atom stereocenters. The van der Waals surface area contributed by atoms with Gasteiger partial charge in [0.2, 0.25) is 5.91 Å². The lowest BCUT2D eigenvalue weighted by Gasteiger charge is -2.43. The van der Waals surface area contributed by atoms with E-state index in [1.807, 2.05) is 15.5 Å². The molecular formula is C20H22N6O4. The first-order valence-electron chi connectivity index (χ1n) is 10.00. The molecule has 5 heterocycles. The molecule has 2 atom stereocenters. The highest BCUT2D eigenvalue weighted by Crippen LogP contribution is 2.36. The van der Waals surface area contributed by atoms with E-state index in [4.69, 9.17) is 10.5 Å². The number of aromatic nitrogens is 3. The molecule has 2 amide bonds. The van der Waals surface area contributed by atoms with E-state index in [-0.39, 0.29) is 29.8 Å². The first-order valence-corrected chi connectivity index (χ1v) is 10.00. The van der Waals surface area contributed by atoms with Crippen LogP contribution in [0.25, 0.3) is 11.3 Å². The van der Waals surface area contributed by atoms with E-state index in [1.54, 1.807) is 12.1 Å². The van der Waals surface area contributed by atoms with E-state index in [0.717, 1.165) is 12.1 Å². The highest BCUT2D eigenvalue weighted by Gasteiger charge is 2.37. The minimum Gasteiger partial charge on any atom is -0.448 e. The molecule has 3 aliphatic heterocycles. The number of nitrogen functional groups attached to an aromatic ring is 1. The Balaban J connectivity index is 1.41. The number of likely N-dealkylation sites (tertiary alicyclic amines) is 1. The third-order valence-electron chi connectivity index (χ3n) is 6.06. The number of anilines is 1. The van der Waals surface area contributed by atoms with Crippen LogP contribution in [-0.4, -0.2) is 69.1 Å². The number of pyridine rings is 1. The zero-order valence-electron chi connectivity index (χ0n) is 16.4. The number of fused-ring (bicyclic) bond motifs is 4. The predicted octanol–water partition coefficient (Wildman–Crippen LogP) is 0.285. The first kappa shape index (κ1) is 18.6. The molecule has 2 N–H and O–H groups in total. The minimum atomic E-state index is -0.439. The summed E-state index contributed by atoms with van der Waals surface area (Å²) in [5.41, 5.74) is 7.89. The van der Waals surface area contributed by atoms with Gasteiger partial charge in [0.15, 0.2) is 0 Å². The molecule has 0 radical (unpaired) electrons. The lowest BCUT2D eigenvalue weighted by Crippen LogP contribution is -2.51. The average Bonchev–Trinajstić information content (AvgIpc) is 3.13. The highest BCUT2D eigenvalue weighted by molar-refractivity contribution is 5.83. The molecule has 30 heavy (non-hydrogen) atoms. The third kappa shape index (κ3) is 3.27. The Hall–Kier alpha value is -3.43. The molecule has 156 valence electrons. The SMILES string of the molecule is Nc1cc(-c2cc3n(c(=O)c2)C[C@H]2C[C@@H]3CN(C(=O)CN3CCOC3=O)C2)ncn1. The van der Waals surface area contributed by atoms with Gasteiger partial charge in [-0.05, 0) is 18.4 Å². The second-order valence-corrected chi connectivity index (χ2v) is 8.08. The minimum absolute atomic E-state index is 0.0331. The van der Waals surface area contributed by atoms with E-state index in [0.29, 0.717) is 49.9 Å². The average molecular weight is 410 g/mol. The smallest absolute Gasteiger partial charge is 0.410 e. The van der Waals surface area contributed by atoms with Crippen molar-refractivity contribution in [3.8, 4) is 11.3 Å². The summed E-state index contributed by atoms with van der Waals surface area (Å²) in [6, 6.07) is 5.19. The molecule has 10 nitrogen and oxygen atoms in total. The molecule has 10 heteroatoms. The summed E-state index contributed by atoms with van der Waals surface area (Å²) >= 11 is 0. The molecule has 0 aliphatic carbocycles. The topological polar surface area (TPSA) is 124 Å². The summed E-state index contributed by atoms with van der Waals surface area (Å²) in [7, 11) is 0. The van der Waals surface area contributed by atoms with Crippen molar-refractivity contribution < 1.29 is 14.3 Å². The summed E-state index contributed by atoms with van der Waals surface area (Å²) in [5, 5.41) is 0. The fourth-order valence-corrected chi connectivity index (χ4v) is 4.67. The number of amides is 2. The van der Waals surface area contributed by atoms with E-state index in [9.17, 15) is 14.4 Å². The zero-order chi connectivity index (χ0) is 20.8. The van der Waals surface area contributed by atoms with Crippen LogP contribution in [0.5, 0.6) is 0 Å². The van der Waals surface area contributed by atoms with Crippen molar-refractivity contribution in [1.82, 2.24) is 24.3 Å². The van der Waals surface area contributed by atoms with Crippen LogP contribution in [-0.2, 0) is 16.1 Å². The molecule has 2 fully saturated rings. The fraction of sp³-hybridized carbons (Fsp3) is 0.450. The van der Waals surface area contributed by atoms with Crippen LogP contribution in [0.3, 0.4) is 0 Å². The van der Waals surface area contributed by atoms with Gasteiger partial charge in [0.25, 0.3) is 5.56 Å². The molecule has 2 aromatic heterocycles. The summed E-state index contributed by atoms with van der Waals surface area (Å²) in [6.07, 6.45) is 1.86. The quantitative estimate of drug-likeness (QED) is 0.771. The molecule has 2 saturated heterocycles. The summed E-state index contributed by atoms with van der Waals surface area (Å²) in [6.45, 7) is 2.48. The number of carbonyl (C=O) groups excluding carboxylic acids is 2. The van der Waals surface area contributed by atoms with Crippen molar-refractivity contribution in [2.45, 2.75) is 18.9 Å². The van der Waals surface area contributed by atoms with Crippen molar-refractivity contribution in [3.05, 3.63) is 40.6 Å². The highest BCUT2D eigenvalue weighted by atomic mass is 16.6. The number of piperidine rings is 1. The van der Waals surface area contributed by atoms with Gasteiger partial charge in [-0.3, -0.25) is 14.5 Å². The lowest BCUT2D eigenvalue weighted by molar-refractivity contribution is -0.134. The Morgan fingerprint density at radius 2 is 2.03 bits per heavy atom. The number of nitrogens with two attached hydrogens (primary N) is 1. The second kappa shape index (κ2) is 7.12. The molecule has 0 aromatic carbocycles. The van der Waals surface area contributed by atoms with Crippen LogP contribution in [0.15, 0.2) is 29.3 Å². The van der Waals surface area contributed by atoms with Gasteiger partial charge in [0.05, 0.1) is 12.2 Å². The number of cyclic esters (lactones) is 1. The number of hydrogen-bond donors (Lipinski definition) is 1. The van der Waals surface area contributed by atoms with Gasteiger partial charge >= 0.3 is 6.09 Å². The Kier molecular flexibility index (Phi) is 4.41. The van der Waals surface area contributed by atoms with Crippen LogP contribution >= 0.6 is 0 Å². The van der Waals surface area contributed by atoms with Crippen LogP contribution in [0, 0.1) is 5.92 Å². The fourth-order valence-electron chi connectivity index (χ4n) is 4.67. The van der Waals surface area contributed by atoms with Gasteiger partial charge in [0, 0.05) is 48.9 Å². The van der Waals surface area contributed by atoms with Crippen molar-refractivity contribution >= 4 is 17.8 Å². The predicted molar refractivity (Wildman–Crippen MR) is 106 cm³/mol. The zero-order valence-corrected chi connectivity index (χ0v) is 16.4. The third-order valence-corrected chi connectivity index (χ3v) is 6.06. The maximum Gasteiger partial charge on any atom is 0.410 e. The second-order valence-electron chi connectivity index (χ2n) is 8.08. The monoisotopic (exact) mass is 410 g/mol. The standard InChI is InChI=1S/C20H22N6O4/c21-17-6-15(22-11-23-17)13-4-16-14-3-12(8-26(16)18(27)5-13)7-25(9-14)19(28)10-24-1-2-30-20(24)29/h4-6,11-12,14H,1-3,7-10H2,(H2,21,22,23)/t12-,14+/m0/s1. The van der Waals surface area contributed by atoms with Crippen LogP contribution < -0.4 is 11.3 Å². The Morgan fingerprint density at radius 1 is 1.17 bits per heavy atom. The molecule has 0 spiro atoms. The van der Waals surface area contributed by atoms with E-state index in [1.165, 1.54) is 11.2 Å². The van der Waals surface area contributed by atoms with Gasteiger partial charge in [-0.25, -0.2) is 14.8 Å². The van der Waals surface area contributed by atoms with Crippen molar-refractivity contribution in [2.24, 2.45) is 5.92 Å². The number of carbonyl (C=O) groups is 2. The van der Waals surface area contributed by atoms with Crippen molar-refractivity contribution in [3.63, 3.8) is 0 Å². The number of nitrogens with zero attached hydrogens (tertiary/aromatic N) is 5. The number of rotatable bonds is 3. The van der Waals surface area contributed by atoms with Crippen LogP contribution in [0.2, 0.25) is 0 Å². The maximum absolute atomic E-state index is 12.8. The normalized spacial score (nSPS) is 22.6. The summed E-state index contributed by atoms with van der Waals surface area (Å²) < 4.78 is 6.72. The molecule has 0 saturated carbocycles. The molecule has 3 aliphatic rings. The molecule has 2 aromatic rings. The van der Waals surface area contributed by atoms with Gasteiger partial charge < -0.3 is 19.9 Å². The van der Waals surface area contributed by atoms with E-state index in [2.05, 4.69) is 9.97 Å². The first-order chi connectivity index (χ1) is 14.5. The largest absolute Gasteiger partial charge is 0.448 e. The molecule has 2 bridgehead atoms. The van der Waals surface area contributed by atoms with Gasteiger partial charge in [-0.1, -0.05) is 0 Å². The van der Waals surface area contributed by atoms with Crippen molar-refractivity contribution in [1.29, 1.82) is 0 Å². The van der Waals surface area contributed by atoms with E-state index < -0.39 is 6.09 Å². The summed E-state index contributed by atoms with van der Waals surface area (Å²) in [5.74, 6) is 0.523. The number of ether oxygens (including phenoxy) is 1. The van der Waals surface area contributed by atoms with Crippen LogP contribution in [0.4, 0.5) is 10.6 Å². The van der Waals surface area contributed by atoms with Gasteiger partial charge in [-0.2, -0.15) is 0 Å². The van der Waals surface area contributed by atoms with Crippen molar-refractivity contribution in [2.75, 3.05) is 38.5 Å².